The van der Waals surface area contributed by atoms with Crippen LogP contribution in [0.4, 0.5) is 4.79 Å². The summed E-state index contributed by atoms with van der Waals surface area (Å²) in [5.74, 6) is -2.43. The van der Waals surface area contributed by atoms with Crippen LogP contribution in [0.3, 0.4) is 0 Å². The first kappa shape index (κ1) is 58.8. The number of hydrogen-bond donors (Lipinski definition) is 4. The van der Waals surface area contributed by atoms with E-state index in [0.717, 1.165) is 55.7 Å². The van der Waals surface area contributed by atoms with E-state index in [0.29, 0.717) is 30.2 Å². The zero-order chi connectivity index (χ0) is 51.7. The van der Waals surface area contributed by atoms with Gasteiger partial charge in [0.15, 0.2) is 6.10 Å². The predicted octanol–water partition coefficient (Wildman–Crippen LogP) is 8.13. The lowest BCUT2D eigenvalue weighted by Gasteiger charge is -2.40. The molecule has 1 aliphatic heterocycles. The average molecular weight is 1040 g/mol. The second kappa shape index (κ2) is 31.6. The number of piperidine rings is 1. The van der Waals surface area contributed by atoms with Gasteiger partial charge in [0.1, 0.15) is 35.1 Å². The van der Waals surface area contributed by atoms with Gasteiger partial charge in [0.2, 0.25) is 17.7 Å². The van der Waals surface area contributed by atoms with Gasteiger partial charge < -0.3 is 29.7 Å². The van der Waals surface area contributed by atoms with E-state index in [9.17, 15) is 28.8 Å². The number of amides is 5. The molecule has 7 atom stereocenters. The fourth-order valence-corrected chi connectivity index (χ4v) is 10.7. The molecular weight excluding hydrogens is 965 g/mol. The summed E-state index contributed by atoms with van der Waals surface area (Å²) in [5.41, 5.74) is 5.76. The molecule has 1 aliphatic rings. The molecule has 1 saturated heterocycles. The number of unbranched alkanes of at least 4 members (excludes halogenated alkanes) is 2. The monoisotopic (exact) mass is 1040 g/mol. The third kappa shape index (κ3) is 20.3. The van der Waals surface area contributed by atoms with Crippen LogP contribution in [0.15, 0.2) is 65.1 Å². The number of carbonyl (C=O) groups excluding carboxylic acids is 6. The molecule has 5 amide bonds. The van der Waals surface area contributed by atoms with Crippen molar-refractivity contribution in [2.24, 2.45) is 17.8 Å². The maximum absolute atomic E-state index is 14.9. The van der Waals surface area contributed by atoms with Gasteiger partial charge in [-0.05, 0) is 86.0 Å². The van der Waals surface area contributed by atoms with Gasteiger partial charge in [-0.25, -0.2) is 20.2 Å². The fraction of sp³-hybridized carbons (Fsp3) is 0.608. The van der Waals surface area contributed by atoms with Crippen molar-refractivity contribution in [2.75, 3.05) is 39.3 Å². The maximum atomic E-state index is 14.9. The van der Waals surface area contributed by atoms with E-state index in [1.165, 1.54) is 39.8 Å². The first-order valence-corrected chi connectivity index (χ1v) is 28.1. The molecular formula is C51H76N8O9S3. The number of pyridine rings is 1. The van der Waals surface area contributed by atoms with Crippen LogP contribution in [0, 0.1) is 17.8 Å². The molecule has 0 saturated carbocycles. The van der Waals surface area contributed by atoms with E-state index < -0.39 is 54.0 Å². The Labute approximate surface area is 432 Å². The Kier molecular flexibility index (Phi) is 26.2. The number of esters is 1. The molecule has 20 heteroatoms. The molecule has 1 fully saturated rings. The summed E-state index contributed by atoms with van der Waals surface area (Å²) >= 11 is 1.17. The molecule has 0 bridgehead atoms. The van der Waals surface area contributed by atoms with Crippen LogP contribution in [0.2, 0.25) is 0 Å². The zero-order valence-electron chi connectivity index (χ0n) is 42.7. The summed E-state index contributed by atoms with van der Waals surface area (Å²) < 4.78 is 17.3. The minimum absolute atomic E-state index is 0.0262. The second-order valence-corrected chi connectivity index (χ2v) is 21.8. The quantitative estimate of drug-likeness (QED) is 0.0170. The molecule has 3 heterocycles. The average Bonchev–Trinajstić information content (AvgIpc) is 3.86. The van der Waals surface area contributed by atoms with Crippen LogP contribution in [-0.4, -0.2) is 119 Å². The number of benzene rings is 1. The molecule has 1 unspecified atom stereocenters. The number of rotatable bonds is 29. The van der Waals surface area contributed by atoms with E-state index in [1.807, 2.05) is 88.2 Å². The van der Waals surface area contributed by atoms with E-state index >= 15 is 0 Å². The lowest BCUT2D eigenvalue weighted by Crippen LogP contribution is -2.59. The Bertz CT molecular complexity index is 2100. The van der Waals surface area contributed by atoms with Crippen molar-refractivity contribution >= 4 is 68.6 Å². The lowest BCUT2D eigenvalue weighted by atomic mass is 9.92. The zero-order valence-corrected chi connectivity index (χ0v) is 45.1. The lowest BCUT2D eigenvalue weighted by molar-refractivity contribution is -0.153. The van der Waals surface area contributed by atoms with E-state index in [4.69, 9.17) is 19.2 Å². The van der Waals surface area contributed by atoms with Crippen LogP contribution in [0.1, 0.15) is 133 Å². The normalized spacial score (nSPS) is 16.4. The van der Waals surface area contributed by atoms with Crippen LogP contribution < -0.4 is 21.5 Å². The van der Waals surface area contributed by atoms with Crippen LogP contribution in [0.25, 0.3) is 0 Å². The summed E-state index contributed by atoms with van der Waals surface area (Å²) in [7, 11) is 4.89. The molecule has 2 aromatic heterocycles. The van der Waals surface area contributed by atoms with Gasteiger partial charge in [0.05, 0.1) is 6.04 Å². The van der Waals surface area contributed by atoms with E-state index in [-0.39, 0.29) is 61.6 Å². The first-order valence-electron chi connectivity index (χ1n) is 24.9. The maximum Gasteiger partial charge on any atom is 0.426 e. The highest BCUT2D eigenvalue weighted by Crippen LogP contribution is 2.32. The highest BCUT2D eigenvalue weighted by molar-refractivity contribution is 8.76. The number of thiazole rings is 1. The van der Waals surface area contributed by atoms with Gasteiger partial charge in [-0.15, -0.1) is 11.3 Å². The van der Waals surface area contributed by atoms with E-state index in [2.05, 4.69) is 33.4 Å². The summed E-state index contributed by atoms with van der Waals surface area (Å²) in [6, 6.07) is 13.0. The number of hydrazine groups is 1. The highest BCUT2D eigenvalue weighted by Gasteiger charge is 2.39. The van der Waals surface area contributed by atoms with Crippen LogP contribution in [0.5, 0.6) is 0 Å². The van der Waals surface area contributed by atoms with Crippen molar-refractivity contribution in [1.29, 1.82) is 0 Å². The van der Waals surface area contributed by atoms with Gasteiger partial charge >= 0.3 is 12.1 Å². The van der Waals surface area contributed by atoms with Crippen molar-refractivity contribution < 1.29 is 43.0 Å². The number of hydrogen-bond acceptors (Lipinski definition) is 15. The highest BCUT2D eigenvalue weighted by atomic mass is 33.1. The fourth-order valence-electron chi connectivity index (χ4n) is 8.20. The van der Waals surface area contributed by atoms with Gasteiger partial charge in [-0.3, -0.25) is 34.3 Å². The summed E-state index contributed by atoms with van der Waals surface area (Å²) in [5, 5.41) is 9.03. The number of likely N-dealkylation sites (tertiary alicyclic amines) is 1. The Morgan fingerprint density at radius 1 is 0.930 bits per heavy atom. The third-order valence-electron chi connectivity index (χ3n) is 12.4. The topological polar surface area (TPSA) is 210 Å². The molecule has 392 valence electrons. The molecule has 0 aliphatic carbocycles. The van der Waals surface area contributed by atoms with Gasteiger partial charge in [0, 0.05) is 55.3 Å². The first-order chi connectivity index (χ1) is 34.1. The Hall–Kier alpha value is -4.76. The number of likely N-dealkylation sites (N-methyl/N-ethyl adjacent to an activating group) is 1. The van der Waals surface area contributed by atoms with Crippen LogP contribution in [-0.2, 0) is 39.8 Å². The number of nitrogens with zero attached hydrogens (tertiary/aromatic N) is 4. The Morgan fingerprint density at radius 2 is 1.69 bits per heavy atom. The van der Waals surface area contributed by atoms with Crippen molar-refractivity contribution in [3.8, 4) is 0 Å². The number of carbonyl (C=O) groups is 6. The molecule has 17 nitrogen and oxygen atoms in total. The minimum atomic E-state index is -0.929. The van der Waals surface area contributed by atoms with Gasteiger partial charge in [-0.1, -0.05) is 114 Å². The Morgan fingerprint density at radius 3 is 2.37 bits per heavy atom. The smallest absolute Gasteiger partial charge is 0.426 e. The summed E-state index contributed by atoms with van der Waals surface area (Å²) in [6.45, 7) is 14.4. The number of aromatic nitrogens is 2. The summed E-state index contributed by atoms with van der Waals surface area (Å²) in [6.07, 6.45) is 6.87. The van der Waals surface area contributed by atoms with Crippen molar-refractivity contribution in [1.82, 2.24) is 41.3 Å². The molecule has 0 spiro atoms. The molecule has 1 aromatic carbocycles. The van der Waals surface area contributed by atoms with Gasteiger partial charge in [0.25, 0.3) is 5.91 Å². The van der Waals surface area contributed by atoms with Crippen molar-refractivity contribution in [3.63, 3.8) is 0 Å². The largest absolute Gasteiger partial charge is 0.455 e. The molecule has 3 aromatic rings. The minimum Gasteiger partial charge on any atom is -0.455 e. The SMILES string of the molecule is CCCCCOCN(C(=O)[C@@H](NC(=O)[C@H]1CCCCN1C)C(C)CC)[C@H](C[C@@H](OC(C)=O)c1nc(C(=O)N[C@@H](Cc2ccccc2)C[C@H](C)C(=O)NNC(=O)OCCSSc2ccccn2)cs1)C(C)C. The Balaban J connectivity index is 1.48. The van der Waals surface area contributed by atoms with Crippen LogP contribution >= 0.6 is 32.9 Å². The van der Waals surface area contributed by atoms with E-state index in [1.54, 1.807) is 23.4 Å². The molecule has 0 radical (unpaired) electrons. The number of nitrogens with one attached hydrogen (secondary N) is 4. The van der Waals surface area contributed by atoms with Crippen molar-refractivity contribution in [3.05, 3.63) is 76.4 Å². The summed E-state index contributed by atoms with van der Waals surface area (Å²) in [4.78, 5) is 93.8. The molecule has 4 N–H and O–H groups in total. The third-order valence-corrected chi connectivity index (χ3v) is 15.6. The predicted molar refractivity (Wildman–Crippen MR) is 279 cm³/mol. The van der Waals surface area contributed by atoms with Crippen molar-refractivity contribution in [2.45, 2.75) is 148 Å². The molecule has 71 heavy (non-hydrogen) atoms. The van der Waals surface area contributed by atoms with Gasteiger partial charge in [-0.2, -0.15) is 0 Å². The standard InChI is InChI=1S/C51H76N8O9S3/c1-9-11-19-26-66-33-59(50(64)45(35(5)10-2)55-48(63)41-22-16-18-25-58(41)8)42(34(3)4)31-43(68-37(7)60)49-54-40(32-69-49)47(62)53-39(30-38-20-13-12-14-21-38)29-36(6)46(61)56-57-51(65)67-27-28-70-71-44-23-15-17-24-52-44/h12-15,17,20-21,23-24,32,34-36,39,41-43,45H,9-11,16,18-19,22,25-31,33H2,1-8H3,(H,53,62)(H,55,63)(H,56,61)(H,57,65)/t35?,36-,39+,41+,42+,43+,45-/m0/s1. The number of ether oxygens (including phenoxy) is 3. The molecule has 4 rings (SSSR count). The second-order valence-electron chi connectivity index (χ2n) is 18.5.